The third-order valence-electron chi connectivity index (χ3n) is 3.02. The average molecular weight is 261 g/mol. The first-order valence-electron chi connectivity index (χ1n) is 5.84. The summed E-state index contributed by atoms with van der Waals surface area (Å²) in [5, 5.41) is 3.15. The predicted octanol–water partition coefficient (Wildman–Crippen LogP) is 3.37. The number of hydrogen-bond acceptors (Lipinski definition) is 2. The lowest BCUT2D eigenvalue weighted by Crippen LogP contribution is -2.29. The minimum Gasteiger partial charge on any atom is -0.406 e. The Morgan fingerprint density at radius 1 is 1.17 bits per heavy atom. The van der Waals surface area contributed by atoms with Crippen LogP contribution in [0, 0.1) is 5.92 Å². The van der Waals surface area contributed by atoms with Gasteiger partial charge in [0, 0.05) is 6.04 Å². The molecule has 2 nitrogen and oxygen atoms in total. The molecule has 0 heterocycles. The first-order chi connectivity index (χ1) is 8.31. The van der Waals surface area contributed by atoms with Crippen molar-refractivity contribution in [1.29, 1.82) is 0 Å². The van der Waals surface area contributed by atoms with E-state index in [0.29, 0.717) is 12.0 Å². The summed E-state index contributed by atoms with van der Waals surface area (Å²) in [5.41, 5.74) is 0.999. The van der Waals surface area contributed by atoms with Gasteiger partial charge in [-0.3, -0.25) is 0 Å². The van der Waals surface area contributed by atoms with Crippen LogP contribution in [0.2, 0.25) is 0 Å². The van der Waals surface area contributed by atoms with Crippen LogP contribution in [0.1, 0.15) is 19.4 Å². The highest BCUT2D eigenvalue weighted by molar-refractivity contribution is 5.27. The third kappa shape index (κ3) is 4.96. The van der Waals surface area contributed by atoms with Crippen molar-refractivity contribution < 1.29 is 17.9 Å². The van der Waals surface area contributed by atoms with E-state index in [1.54, 1.807) is 12.1 Å². The molecule has 0 aliphatic rings. The van der Waals surface area contributed by atoms with Gasteiger partial charge in [0.1, 0.15) is 5.75 Å². The Bertz CT molecular complexity index is 361. The van der Waals surface area contributed by atoms with Gasteiger partial charge >= 0.3 is 6.36 Å². The summed E-state index contributed by atoms with van der Waals surface area (Å²) in [5.74, 6) is 0.227. The van der Waals surface area contributed by atoms with Crippen LogP contribution in [0.5, 0.6) is 5.75 Å². The zero-order valence-corrected chi connectivity index (χ0v) is 10.7. The fourth-order valence-electron chi connectivity index (χ4n) is 1.66. The first kappa shape index (κ1) is 14.8. The highest BCUT2D eigenvalue weighted by Gasteiger charge is 2.30. The van der Waals surface area contributed by atoms with Crippen LogP contribution in [0.25, 0.3) is 0 Å². The van der Waals surface area contributed by atoms with Crippen LogP contribution >= 0.6 is 0 Å². The van der Waals surface area contributed by atoms with E-state index in [9.17, 15) is 13.2 Å². The van der Waals surface area contributed by atoms with Crippen molar-refractivity contribution in [2.75, 3.05) is 7.05 Å². The van der Waals surface area contributed by atoms with Crippen molar-refractivity contribution >= 4 is 0 Å². The maximum Gasteiger partial charge on any atom is 0.573 e. The second-order valence-corrected chi connectivity index (χ2v) is 4.45. The molecule has 0 aromatic heterocycles. The Labute approximate surface area is 105 Å². The largest absolute Gasteiger partial charge is 0.573 e. The molecule has 102 valence electrons. The van der Waals surface area contributed by atoms with Gasteiger partial charge in [0.15, 0.2) is 0 Å². The lowest BCUT2D eigenvalue weighted by atomic mass is 9.95. The summed E-state index contributed by atoms with van der Waals surface area (Å²) >= 11 is 0. The quantitative estimate of drug-likeness (QED) is 0.877. The van der Waals surface area contributed by atoms with Crippen LogP contribution in [-0.2, 0) is 6.42 Å². The molecule has 0 aliphatic carbocycles. The van der Waals surface area contributed by atoms with Gasteiger partial charge in [0.25, 0.3) is 0 Å². The molecular formula is C13H18F3NO. The smallest absolute Gasteiger partial charge is 0.406 e. The summed E-state index contributed by atoms with van der Waals surface area (Å²) in [6.45, 7) is 4.17. The average Bonchev–Trinajstić information content (AvgIpc) is 2.28. The molecule has 1 rings (SSSR count). The number of rotatable bonds is 5. The number of halogens is 3. The molecule has 2 atom stereocenters. The zero-order chi connectivity index (χ0) is 13.8. The normalized spacial score (nSPS) is 15.2. The maximum absolute atomic E-state index is 12.0. The topological polar surface area (TPSA) is 21.3 Å². The van der Waals surface area contributed by atoms with Crippen molar-refractivity contribution in [2.45, 2.75) is 32.7 Å². The molecule has 0 saturated heterocycles. The van der Waals surface area contributed by atoms with Gasteiger partial charge in [-0.15, -0.1) is 13.2 Å². The summed E-state index contributed by atoms with van der Waals surface area (Å²) in [4.78, 5) is 0. The van der Waals surface area contributed by atoms with E-state index in [0.717, 1.165) is 12.0 Å². The fourth-order valence-corrected chi connectivity index (χ4v) is 1.66. The second-order valence-electron chi connectivity index (χ2n) is 4.45. The molecule has 0 amide bonds. The molecule has 0 aliphatic heterocycles. The Balaban J connectivity index is 2.60. The van der Waals surface area contributed by atoms with Crippen LogP contribution in [0.4, 0.5) is 13.2 Å². The minimum atomic E-state index is -4.63. The molecule has 1 aromatic carbocycles. The van der Waals surface area contributed by atoms with Crippen LogP contribution in [0.3, 0.4) is 0 Å². The number of alkyl halides is 3. The Hall–Kier alpha value is -1.23. The Kier molecular flexibility index (Phi) is 5.02. The van der Waals surface area contributed by atoms with Crippen molar-refractivity contribution in [3.63, 3.8) is 0 Å². The van der Waals surface area contributed by atoms with E-state index < -0.39 is 6.36 Å². The lowest BCUT2D eigenvalue weighted by molar-refractivity contribution is -0.274. The van der Waals surface area contributed by atoms with E-state index in [1.807, 2.05) is 7.05 Å². The highest BCUT2D eigenvalue weighted by atomic mass is 19.4. The van der Waals surface area contributed by atoms with Crippen molar-refractivity contribution in [3.8, 4) is 5.75 Å². The number of nitrogens with one attached hydrogen (secondary N) is 1. The predicted molar refractivity (Wildman–Crippen MR) is 64.5 cm³/mol. The molecule has 0 bridgehead atoms. The fraction of sp³-hybridized carbons (Fsp3) is 0.538. The number of hydrogen-bond donors (Lipinski definition) is 1. The van der Waals surface area contributed by atoms with Crippen LogP contribution in [-0.4, -0.2) is 19.5 Å². The molecule has 0 spiro atoms. The number of benzene rings is 1. The molecular weight excluding hydrogens is 243 g/mol. The van der Waals surface area contributed by atoms with Gasteiger partial charge in [-0.25, -0.2) is 0 Å². The SMILES string of the molecule is CNC(C)C(C)Cc1ccc(OC(F)(F)F)cc1. The zero-order valence-electron chi connectivity index (χ0n) is 10.7. The van der Waals surface area contributed by atoms with Crippen molar-refractivity contribution in [2.24, 2.45) is 5.92 Å². The summed E-state index contributed by atoms with van der Waals surface area (Å²) in [6.07, 6.45) is -3.82. The van der Waals surface area contributed by atoms with Crippen LogP contribution in [0.15, 0.2) is 24.3 Å². The van der Waals surface area contributed by atoms with E-state index in [4.69, 9.17) is 0 Å². The highest BCUT2D eigenvalue weighted by Crippen LogP contribution is 2.23. The Morgan fingerprint density at radius 3 is 2.17 bits per heavy atom. The van der Waals surface area contributed by atoms with Gasteiger partial charge < -0.3 is 10.1 Å². The van der Waals surface area contributed by atoms with Crippen molar-refractivity contribution in [1.82, 2.24) is 5.32 Å². The molecule has 5 heteroatoms. The summed E-state index contributed by atoms with van der Waals surface area (Å²) in [6, 6.07) is 6.38. The Morgan fingerprint density at radius 2 is 1.72 bits per heavy atom. The lowest BCUT2D eigenvalue weighted by Gasteiger charge is -2.19. The minimum absolute atomic E-state index is 0.180. The first-order valence-corrected chi connectivity index (χ1v) is 5.84. The summed E-state index contributed by atoms with van der Waals surface area (Å²) < 4.78 is 39.7. The van der Waals surface area contributed by atoms with Gasteiger partial charge in [-0.05, 0) is 44.0 Å². The van der Waals surface area contributed by atoms with Gasteiger partial charge in [0.05, 0.1) is 0 Å². The maximum atomic E-state index is 12.0. The summed E-state index contributed by atoms with van der Waals surface area (Å²) in [7, 11) is 1.89. The molecule has 2 unspecified atom stereocenters. The van der Waals surface area contributed by atoms with Crippen molar-refractivity contribution in [3.05, 3.63) is 29.8 Å². The third-order valence-corrected chi connectivity index (χ3v) is 3.02. The monoisotopic (exact) mass is 261 g/mol. The molecule has 0 radical (unpaired) electrons. The number of ether oxygens (including phenoxy) is 1. The molecule has 0 fully saturated rings. The van der Waals surface area contributed by atoms with E-state index >= 15 is 0 Å². The molecule has 18 heavy (non-hydrogen) atoms. The van der Waals surface area contributed by atoms with E-state index in [1.165, 1.54) is 12.1 Å². The molecule has 1 N–H and O–H groups in total. The second kappa shape index (κ2) is 6.09. The molecule has 1 aromatic rings. The standard InChI is InChI=1S/C13H18F3NO/c1-9(10(2)17-3)8-11-4-6-12(7-5-11)18-13(14,15)16/h4-7,9-10,17H,8H2,1-3H3. The van der Waals surface area contributed by atoms with E-state index in [-0.39, 0.29) is 5.75 Å². The van der Waals surface area contributed by atoms with Gasteiger partial charge in [-0.1, -0.05) is 19.1 Å². The van der Waals surface area contributed by atoms with Crippen LogP contribution < -0.4 is 10.1 Å². The van der Waals surface area contributed by atoms with Gasteiger partial charge in [0.2, 0.25) is 0 Å². The van der Waals surface area contributed by atoms with E-state index in [2.05, 4.69) is 23.9 Å². The van der Waals surface area contributed by atoms with Gasteiger partial charge in [-0.2, -0.15) is 0 Å². The molecule has 0 saturated carbocycles.